The van der Waals surface area contributed by atoms with Gasteiger partial charge in [-0.2, -0.15) is 0 Å². The maximum atomic E-state index is 5.96. The average molecular weight is 239 g/mol. The molecule has 3 nitrogen and oxygen atoms in total. The van der Waals surface area contributed by atoms with E-state index >= 15 is 0 Å². The summed E-state index contributed by atoms with van der Waals surface area (Å²) < 4.78 is 11.4. The zero-order chi connectivity index (χ0) is 11.7. The molecule has 2 heterocycles. The van der Waals surface area contributed by atoms with E-state index in [0.717, 1.165) is 31.7 Å². The number of nitrogens with zero attached hydrogens (tertiary/aromatic N) is 1. The van der Waals surface area contributed by atoms with Gasteiger partial charge >= 0.3 is 0 Å². The molecule has 1 aliphatic carbocycles. The maximum Gasteiger partial charge on any atom is 0.0706 e. The molecule has 2 saturated heterocycles. The Kier molecular flexibility index (Phi) is 3.69. The topological polar surface area (TPSA) is 21.7 Å². The molecule has 1 saturated carbocycles. The molecule has 0 N–H and O–H groups in total. The molecule has 98 valence electrons. The molecule has 3 rings (SSSR count). The summed E-state index contributed by atoms with van der Waals surface area (Å²) >= 11 is 0. The molecule has 0 radical (unpaired) electrons. The van der Waals surface area contributed by atoms with Gasteiger partial charge in [0.1, 0.15) is 0 Å². The van der Waals surface area contributed by atoms with E-state index in [2.05, 4.69) is 11.8 Å². The second-order valence-corrected chi connectivity index (χ2v) is 6.06. The third-order valence-corrected chi connectivity index (χ3v) is 4.34. The van der Waals surface area contributed by atoms with Crippen molar-refractivity contribution in [3.05, 3.63) is 0 Å². The number of hydrogen-bond donors (Lipinski definition) is 0. The Bertz CT molecular complexity index is 249. The molecular formula is C14H25NO2. The quantitative estimate of drug-likeness (QED) is 0.733. The molecule has 3 fully saturated rings. The minimum Gasteiger partial charge on any atom is -0.381 e. The predicted molar refractivity (Wildman–Crippen MR) is 67.1 cm³/mol. The molecule has 0 aromatic heterocycles. The van der Waals surface area contributed by atoms with Gasteiger partial charge in [0.2, 0.25) is 0 Å². The lowest BCUT2D eigenvalue weighted by Crippen LogP contribution is -2.38. The van der Waals surface area contributed by atoms with E-state index in [1.165, 1.54) is 38.6 Å². The fourth-order valence-corrected chi connectivity index (χ4v) is 3.15. The maximum absolute atomic E-state index is 5.96. The van der Waals surface area contributed by atoms with Crippen LogP contribution in [0, 0.1) is 5.92 Å². The predicted octanol–water partition coefficient (Wildman–Crippen LogP) is 2.05. The van der Waals surface area contributed by atoms with Crippen LogP contribution in [0.1, 0.15) is 39.0 Å². The highest BCUT2D eigenvalue weighted by Gasteiger charge is 2.34. The third kappa shape index (κ3) is 3.21. The van der Waals surface area contributed by atoms with Gasteiger partial charge < -0.3 is 9.47 Å². The average Bonchev–Trinajstić information content (AvgIpc) is 2.89. The van der Waals surface area contributed by atoms with Crippen molar-refractivity contribution in [1.29, 1.82) is 0 Å². The lowest BCUT2D eigenvalue weighted by atomic mass is 10.1. The van der Waals surface area contributed by atoms with Gasteiger partial charge in [-0.15, -0.1) is 0 Å². The van der Waals surface area contributed by atoms with Gasteiger partial charge in [0.15, 0.2) is 0 Å². The summed E-state index contributed by atoms with van der Waals surface area (Å²) in [6.45, 7) is 6.54. The van der Waals surface area contributed by atoms with Gasteiger partial charge in [-0.1, -0.05) is 0 Å². The highest BCUT2D eigenvalue weighted by molar-refractivity contribution is 4.88. The zero-order valence-electron chi connectivity index (χ0n) is 10.9. The van der Waals surface area contributed by atoms with Crippen LogP contribution in [-0.2, 0) is 9.47 Å². The number of hydrogen-bond acceptors (Lipinski definition) is 3. The normalized spacial score (nSPS) is 38.1. The molecule has 0 bridgehead atoms. The van der Waals surface area contributed by atoms with Crippen molar-refractivity contribution < 1.29 is 9.47 Å². The largest absolute Gasteiger partial charge is 0.381 e. The molecule has 2 aliphatic heterocycles. The Hall–Kier alpha value is -0.120. The molecular weight excluding hydrogens is 214 g/mol. The summed E-state index contributed by atoms with van der Waals surface area (Å²) in [5, 5.41) is 0. The summed E-state index contributed by atoms with van der Waals surface area (Å²) in [5.74, 6) is 0.773. The first-order valence-electron chi connectivity index (χ1n) is 7.28. The van der Waals surface area contributed by atoms with Gasteiger partial charge in [-0.25, -0.2) is 0 Å². The van der Waals surface area contributed by atoms with E-state index in [9.17, 15) is 0 Å². The van der Waals surface area contributed by atoms with E-state index in [4.69, 9.17) is 9.47 Å². The first kappa shape index (κ1) is 11.9. The van der Waals surface area contributed by atoms with Crippen LogP contribution in [0.15, 0.2) is 0 Å². The van der Waals surface area contributed by atoms with Crippen LogP contribution in [0.25, 0.3) is 0 Å². The van der Waals surface area contributed by atoms with Crippen molar-refractivity contribution in [3.8, 4) is 0 Å². The van der Waals surface area contributed by atoms with Crippen molar-refractivity contribution in [1.82, 2.24) is 4.90 Å². The molecule has 0 amide bonds. The first-order valence-corrected chi connectivity index (χ1v) is 7.28. The lowest BCUT2D eigenvalue weighted by molar-refractivity contribution is 0.0256. The second-order valence-electron chi connectivity index (χ2n) is 6.06. The standard InChI is InChI=1S/C14H25NO2/c1-11-2-5-14(17-11)9-15(13-3-4-13)8-12-6-7-16-10-12/h11-14H,2-10H2,1H3/t11-,12-,14-/m1/s1. The van der Waals surface area contributed by atoms with Crippen LogP contribution in [0.5, 0.6) is 0 Å². The minimum atomic E-state index is 0.482. The Morgan fingerprint density at radius 1 is 1.06 bits per heavy atom. The lowest BCUT2D eigenvalue weighted by Gasteiger charge is -2.27. The summed E-state index contributed by atoms with van der Waals surface area (Å²) in [6, 6.07) is 0.857. The Morgan fingerprint density at radius 2 is 1.94 bits per heavy atom. The van der Waals surface area contributed by atoms with Gasteiger partial charge in [0, 0.05) is 25.7 Å². The number of ether oxygens (including phenoxy) is 2. The highest BCUT2D eigenvalue weighted by Crippen LogP contribution is 2.31. The zero-order valence-corrected chi connectivity index (χ0v) is 10.9. The van der Waals surface area contributed by atoms with Gasteiger partial charge in [-0.05, 0) is 44.9 Å². The minimum absolute atomic E-state index is 0.482. The van der Waals surface area contributed by atoms with Crippen LogP contribution in [0.2, 0.25) is 0 Å². The van der Waals surface area contributed by atoms with Crippen molar-refractivity contribution in [2.45, 2.75) is 57.3 Å². The SMILES string of the molecule is C[C@@H]1CC[C@H](CN(C[C@H]2CCOC2)C2CC2)O1. The van der Waals surface area contributed by atoms with Crippen LogP contribution in [-0.4, -0.2) is 49.5 Å². The van der Waals surface area contributed by atoms with Crippen LogP contribution in [0.3, 0.4) is 0 Å². The van der Waals surface area contributed by atoms with Gasteiger partial charge in [0.25, 0.3) is 0 Å². The van der Waals surface area contributed by atoms with Crippen molar-refractivity contribution in [3.63, 3.8) is 0 Å². The molecule has 3 heteroatoms. The van der Waals surface area contributed by atoms with Crippen LogP contribution in [0.4, 0.5) is 0 Å². The van der Waals surface area contributed by atoms with E-state index < -0.39 is 0 Å². The summed E-state index contributed by atoms with van der Waals surface area (Å²) in [6.07, 6.45) is 7.53. The molecule has 0 aromatic carbocycles. The summed E-state index contributed by atoms with van der Waals surface area (Å²) in [7, 11) is 0. The molecule has 3 atom stereocenters. The fraction of sp³-hybridized carbons (Fsp3) is 1.00. The van der Waals surface area contributed by atoms with Crippen molar-refractivity contribution in [2.24, 2.45) is 5.92 Å². The smallest absolute Gasteiger partial charge is 0.0706 e. The first-order chi connectivity index (χ1) is 8.31. The molecule has 0 spiro atoms. The fourth-order valence-electron chi connectivity index (χ4n) is 3.15. The molecule has 3 aliphatic rings. The third-order valence-electron chi connectivity index (χ3n) is 4.34. The summed E-state index contributed by atoms with van der Waals surface area (Å²) in [4.78, 5) is 2.68. The van der Waals surface area contributed by atoms with Crippen molar-refractivity contribution >= 4 is 0 Å². The Balaban J connectivity index is 1.49. The second kappa shape index (κ2) is 5.25. The van der Waals surface area contributed by atoms with E-state index in [-0.39, 0.29) is 0 Å². The van der Waals surface area contributed by atoms with Crippen LogP contribution >= 0.6 is 0 Å². The summed E-state index contributed by atoms with van der Waals surface area (Å²) in [5.41, 5.74) is 0. The Labute approximate surface area is 104 Å². The Morgan fingerprint density at radius 3 is 2.53 bits per heavy atom. The molecule has 0 aromatic rings. The number of rotatable bonds is 5. The molecule has 17 heavy (non-hydrogen) atoms. The van der Waals surface area contributed by atoms with Crippen LogP contribution < -0.4 is 0 Å². The monoisotopic (exact) mass is 239 g/mol. The highest BCUT2D eigenvalue weighted by atomic mass is 16.5. The van der Waals surface area contributed by atoms with E-state index in [1.54, 1.807) is 0 Å². The molecule has 0 unspecified atom stereocenters. The van der Waals surface area contributed by atoms with E-state index in [1.807, 2.05) is 0 Å². The van der Waals surface area contributed by atoms with Crippen molar-refractivity contribution in [2.75, 3.05) is 26.3 Å². The van der Waals surface area contributed by atoms with Gasteiger partial charge in [-0.3, -0.25) is 4.90 Å². The van der Waals surface area contributed by atoms with E-state index in [0.29, 0.717) is 12.2 Å². The van der Waals surface area contributed by atoms with Gasteiger partial charge in [0.05, 0.1) is 18.8 Å².